The summed E-state index contributed by atoms with van der Waals surface area (Å²) < 4.78 is 5.07. The smallest absolute Gasteiger partial charge is 0.272 e. The average molecular weight is 590 g/mol. The van der Waals surface area contributed by atoms with E-state index in [1.807, 2.05) is 48.5 Å². The summed E-state index contributed by atoms with van der Waals surface area (Å²) in [7, 11) is 0. The number of aryl methyl sites for hydroxylation is 1. The number of anilines is 2. The summed E-state index contributed by atoms with van der Waals surface area (Å²) in [5, 5.41) is 11.7. The quantitative estimate of drug-likeness (QED) is 0.130. The van der Waals surface area contributed by atoms with Gasteiger partial charge >= 0.3 is 0 Å². The van der Waals surface area contributed by atoms with Crippen molar-refractivity contribution in [3.05, 3.63) is 144 Å². The molecule has 0 aliphatic carbocycles. The lowest BCUT2D eigenvalue weighted by atomic mass is 10.1. The molecule has 0 radical (unpaired) electrons. The van der Waals surface area contributed by atoms with Gasteiger partial charge in [-0.3, -0.25) is 19.4 Å². The van der Waals surface area contributed by atoms with Gasteiger partial charge < -0.3 is 20.5 Å². The minimum atomic E-state index is -0.569. The Morgan fingerprint density at radius 3 is 2.23 bits per heavy atom. The van der Waals surface area contributed by atoms with E-state index >= 15 is 0 Å². The Morgan fingerprint density at radius 2 is 1.58 bits per heavy atom. The zero-order chi connectivity index (χ0) is 30.0. The van der Waals surface area contributed by atoms with E-state index in [4.69, 9.17) is 4.52 Å². The van der Waals surface area contributed by atoms with Crippen LogP contribution in [0.4, 0.5) is 11.5 Å². The lowest BCUT2D eigenvalue weighted by Crippen LogP contribution is -2.30. The number of amides is 3. The number of aromatic nitrogens is 2. The van der Waals surface area contributed by atoms with Crippen LogP contribution in [0.25, 0.3) is 6.08 Å². The van der Waals surface area contributed by atoms with Gasteiger partial charge in [0.15, 0.2) is 5.82 Å². The zero-order valence-corrected chi connectivity index (χ0v) is 23.9. The first-order chi connectivity index (χ1) is 20.9. The SMILES string of the molecule is Cc1cc(NC(=O)C(Sc2ccc(NC(=O)/C(=C/c3cccnc3)NC(=O)c3ccccc3)cc2)c2ccccc2)no1. The molecule has 0 bridgehead atoms. The van der Waals surface area contributed by atoms with E-state index in [-0.39, 0.29) is 11.6 Å². The van der Waals surface area contributed by atoms with Crippen LogP contribution in [-0.2, 0) is 9.59 Å². The Morgan fingerprint density at radius 1 is 0.860 bits per heavy atom. The second-order valence-electron chi connectivity index (χ2n) is 9.36. The maximum Gasteiger partial charge on any atom is 0.272 e. The van der Waals surface area contributed by atoms with Gasteiger partial charge in [0.2, 0.25) is 5.91 Å². The van der Waals surface area contributed by atoms with Gasteiger partial charge in [0.1, 0.15) is 16.7 Å². The first kappa shape index (κ1) is 29.0. The summed E-state index contributed by atoms with van der Waals surface area (Å²) >= 11 is 1.36. The van der Waals surface area contributed by atoms with Crippen LogP contribution < -0.4 is 16.0 Å². The lowest BCUT2D eigenvalue weighted by Gasteiger charge is -2.16. The molecule has 3 amide bonds. The van der Waals surface area contributed by atoms with Gasteiger partial charge in [-0.05, 0) is 66.6 Å². The second-order valence-corrected chi connectivity index (χ2v) is 10.5. The third-order valence-corrected chi connectivity index (χ3v) is 7.38. The number of carbonyl (C=O) groups is 3. The number of nitrogens with one attached hydrogen (secondary N) is 3. The molecule has 10 heteroatoms. The van der Waals surface area contributed by atoms with Crippen LogP contribution in [-0.4, -0.2) is 27.9 Å². The number of thioether (sulfide) groups is 1. The van der Waals surface area contributed by atoms with E-state index in [0.29, 0.717) is 28.4 Å². The highest BCUT2D eigenvalue weighted by Gasteiger charge is 2.23. The Bertz CT molecular complexity index is 1720. The maximum absolute atomic E-state index is 13.3. The van der Waals surface area contributed by atoms with Crippen molar-refractivity contribution in [1.82, 2.24) is 15.5 Å². The van der Waals surface area contributed by atoms with Gasteiger partial charge in [0.05, 0.1) is 0 Å². The average Bonchev–Trinajstić information content (AvgIpc) is 3.45. The van der Waals surface area contributed by atoms with E-state index in [0.717, 1.165) is 10.5 Å². The van der Waals surface area contributed by atoms with Gasteiger partial charge in [-0.2, -0.15) is 0 Å². The number of carbonyl (C=O) groups excluding carboxylic acids is 3. The van der Waals surface area contributed by atoms with E-state index in [2.05, 4.69) is 26.1 Å². The van der Waals surface area contributed by atoms with Crippen molar-refractivity contribution in [2.24, 2.45) is 0 Å². The van der Waals surface area contributed by atoms with Crippen molar-refractivity contribution in [3.63, 3.8) is 0 Å². The van der Waals surface area contributed by atoms with E-state index in [1.54, 1.807) is 80.0 Å². The zero-order valence-electron chi connectivity index (χ0n) is 23.1. The van der Waals surface area contributed by atoms with Gasteiger partial charge in [-0.15, -0.1) is 11.8 Å². The number of hydrogen-bond donors (Lipinski definition) is 3. The number of pyridine rings is 1. The van der Waals surface area contributed by atoms with Crippen LogP contribution in [0.2, 0.25) is 0 Å². The molecule has 43 heavy (non-hydrogen) atoms. The van der Waals surface area contributed by atoms with Crippen molar-refractivity contribution in [2.75, 3.05) is 10.6 Å². The molecule has 0 aliphatic heterocycles. The molecule has 214 valence electrons. The molecule has 0 aliphatic rings. The molecule has 1 atom stereocenters. The van der Waals surface area contributed by atoms with Gasteiger partial charge in [0.25, 0.3) is 11.8 Å². The van der Waals surface area contributed by atoms with Crippen LogP contribution in [0.15, 0.2) is 131 Å². The molecule has 3 N–H and O–H groups in total. The summed E-state index contributed by atoms with van der Waals surface area (Å²) in [6, 6.07) is 30.4. The monoisotopic (exact) mass is 589 g/mol. The van der Waals surface area contributed by atoms with Crippen LogP contribution in [0.1, 0.15) is 32.5 Å². The van der Waals surface area contributed by atoms with E-state index < -0.39 is 17.1 Å². The van der Waals surface area contributed by atoms with Gasteiger partial charge in [0, 0.05) is 34.6 Å². The summed E-state index contributed by atoms with van der Waals surface area (Å²) in [5.74, 6) is -0.227. The summed E-state index contributed by atoms with van der Waals surface area (Å²) in [6.45, 7) is 1.75. The largest absolute Gasteiger partial charge is 0.360 e. The molecule has 5 aromatic rings. The molecular weight excluding hydrogens is 562 g/mol. The highest BCUT2D eigenvalue weighted by atomic mass is 32.2. The van der Waals surface area contributed by atoms with Crippen molar-refractivity contribution in [3.8, 4) is 0 Å². The lowest BCUT2D eigenvalue weighted by molar-refractivity contribution is -0.116. The van der Waals surface area contributed by atoms with Gasteiger partial charge in [-0.25, -0.2) is 0 Å². The number of nitrogens with zero attached hydrogens (tertiary/aromatic N) is 2. The fraction of sp³-hybridized carbons (Fsp3) is 0.0606. The maximum atomic E-state index is 13.3. The molecule has 0 saturated carbocycles. The summed E-state index contributed by atoms with van der Waals surface area (Å²) in [4.78, 5) is 44.3. The minimum Gasteiger partial charge on any atom is -0.360 e. The summed E-state index contributed by atoms with van der Waals surface area (Å²) in [5.41, 5.74) is 2.47. The molecule has 3 aromatic carbocycles. The Labute approximate surface area is 252 Å². The number of benzene rings is 3. The second kappa shape index (κ2) is 13.9. The molecule has 0 saturated heterocycles. The number of hydrogen-bond acceptors (Lipinski definition) is 7. The fourth-order valence-electron chi connectivity index (χ4n) is 4.04. The molecule has 1 unspecified atom stereocenters. The van der Waals surface area contributed by atoms with E-state index in [9.17, 15) is 14.4 Å². The Kier molecular flexibility index (Phi) is 9.40. The van der Waals surface area contributed by atoms with E-state index in [1.165, 1.54) is 11.8 Å². The molecule has 5 rings (SSSR count). The Hall–Kier alpha value is -5.48. The fourth-order valence-corrected chi connectivity index (χ4v) is 5.06. The third kappa shape index (κ3) is 8.05. The standard InChI is InChI=1S/C33H27N5O4S/c1-22-19-29(38-42-22)37-33(41)30(24-10-4-2-5-11-24)43-27-16-14-26(15-17-27)35-32(40)28(20-23-9-8-18-34-21-23)36-31(39)25-12-6-3-7-13-25/h2-21,30H,1H3,(H,35,40)(H,36,39)(H,37,38,41)/b28-20-. The predicted molar refractivity (Wildman–Crippen MR) is 166 cm³/mol. The molecular formula is C33H27N5O4S. The molecule has 0 spiro atoms. The first-order valence-corrected chi connectivity index (χ1v) is 14.2. The van der Waals surface area contributed by atoms with Crippen LogP contribution >= 0.6 is 11.8 Å². The Balaban J connectivity index is 1.31. The van der Waals surface area contributed by atoms with Gasteiger partial charge in [-0.1, -0.05) is 59.8 Å². The summed E-state index contributed by atoms with van der Waals surface area (Å²) in [6.07, 6.45) is 4.78. The van der Waals surface area contributed by atoms with Crippen LogP contribution in [0.3, 0.4) is 0 Å². The minimum absolute atomic E-state index is 0.0595. The van der Waals surface area contributed by atoms with Crippen LogP contribution in [0.5, 0.6) is 0 Å². The third-order valence-electron chi connectivity index (χ3n) is 6.11. The highest BCUT2D eigenvalue weighted by Crippen LogP contribution is 2.36. The molecule has 9 nitrogen and oxygen atoms in total. The predicted octanol–water partition coefficient (Wildman–Crippen LogP) is 6.26. The van der Waals surface area contributed by atoms with Crippen molar-refractivity contribution >= 4 is 47.1 Å². The van der Waals surface area contributed by atoms with Crippen molar-refractivity contribution < 1.29 is 18.9 Å². The topological polar surface area (TPSA) is 126 Å². The highest BCUT2D eigenvalue weighted by molar-refractivity contribution is 8.00. The van der Waals surface area contributed by atoms with Crippen molar-refractivity contribution in [1.29, 1.82) is 0 Å². The molecule has 0 fully saturated rings. The molecule has 2 aromatic heterocycles. The first-order valence-electron chi connectivity index (χ1n) is 13.3. The number of rotatable bonds is 10. The molecule has 2 heterocycles. The van der Waals surface area contributed by atoms with Crippen molar-refractivity contribution in [2.45, 2.75) is 17.1 Å². The normalized spacial score (nSPS) is 11.8. The van der Waals surface area contributed by atoms with Crippen LogP contribution in [0, 0.1) is 6.92 Å².